The average molecular weight is 181 g/mol. The van der Waals surface area contributed by atoms with Crippen LogP contribution in [0.2, 0.25) is 0 Å². The van der Waals surface area contributed by atoms with Crippen LogP contribution >= 0.6 is 0 Å². The Morgan fingerprint density at radius 3 is 3.08 bits per heavy atom. The number of nitrogens with zero attached hydrogens (tertiary/aromatic N) is 1. The summed E-state index contributed by atoms with van der Waals surface area (Å²) in [6, 6.07) is 0.407. The predicted octanol–water partition coefficient (Wildman–Crippen LogP) is 1.06. The van der Waals surface area contributed by atoms with Gasteiger partial charge in [0.05, 0.1) is 5.71 Å². The number of nitrogens with two attached hydrogens (primary N) is 1. The van der Waals surface area contributed by atoms with E-state index in [1.807, 2.05) is 0 Å². The van der Waals surface area contributed by atoms with Gasteiger partial charge in [0.2, 0.25) is 0 Å². The van der Waals surface area contributed by atoms with Gasteiger partial charge < -0.3 is 11.1 Å². The van der Waals surface area contributed by atoms with E-state index in [9.17, 15) is 0 Å². The van der Waals surface area contributed by atoms with Gasteiger partial charge in [-0.1, -0.05) is 6.92 Å². The normalized spacial score (nSPS) is 26.6. The predicted molar refractivity (Wildman–Crippen MR) is 56.9 cm³/mol. The molecule has 1 aliphatic heterocycles. The molecule has 3 heteroatoms. The van der Waals surface area contributed by atoms with Gasteiger partial charge in [-0.25, -0.2) is 0 Å². The van der Waals surface area contributed by atoms with Crippen molar-refractivity contribution in [1.29, 1.82) is 0 Å². The van der Waals surface area contributed by atoms with Gasteiger partial charge in [0.1, 0.15) is 0 Å². The Bertz CT molecular complexity index is 218. The van der Waals surface area contributed by atoms with E-state index < -0.39 is 0 Å². The van der Waals surface area contributed by atoms with Crippen LogP contribution in [-0.4, -0.2) is 24.8 Å². The van der Waals surface area contributed by atoms with Crippen LogP contribution in [0.4, 0.5) is 0 Å². The first kappa shape index (κ1) is 10.3. The standard InChI is InChI=1S/C10H19N3/c1-3-8(2)13-10-7-12-5-4-9(10)6-11/h6,8,12H,3-5,7,11H2,1-2H3/b9-6-,13-10?. The molecule has 1 atom stereocenters. The van der Waals surface area contributed by atoms with Crippen molar-refractivity contribution >= 4 is 5.71 Å². The molecule has 0 bridgehead atoms. The first-order valence-electron chi connectivity index (χ1n) is 4.96. The zero-order chi connectivity index (χ0) is 9.68. The second-order valence-corrected chi connectivity index (χ2v) is 3.45. The first-order chi connectivity index (χ1) is 6.27. The summed E-state index contributed by atoms with van der Waals surface area (Å²) in [5.41, 5.74) is 7.89. The van der Waals surface area contributed by atoms with Crippen LogP contribution in [0, 0.1) is 0 Å². The maximum atomic E-state index is 5.54. The molecule has 1 heterocycles. The molecule has 0 aromatic heterocycles. The van der Waals surface area contributed by atoms with Gasteiger partial charge in [-0.15, -0.1) is 0 Å². The Kier molecular flexibility index (Phi) is 3.96. The van der Waals surface area contributed by atoms with Crippen LogP contribution in [0.15, 0.2) is 16.8 Å². The minimum atomic E-state index is 0.407. The number of hydrogen-bond donors (Lipinski definition) is 2. The highest BCUT2D eigenvalue weighted by Crippen LogP contribution is 2.09. The molecule has 1 aliphatic rings. The molecular weight excluding hydrogens is 162 g/mol. The summed E-state index contributed by atoms with van der Waals surface area (Å²) in [6.45, 7) is 6.17. The maximum Gasteiger partial charge on any atom is 0.0536 e. The lowest BCUT2D eigenvalue weighted by Gasteiger charge is -2.19. The van der Waals surface area contributed by atoms with Crippen LogP contribution in [-0.2, 0) is 0 Å². The molecule has 1 fully saturated rings. The third-order valence-electron chi connectivity index (χ3n) is 2.40. The number of hydrogen-bond acceptors (Lipinski definition) is 3. The third kappa shape index (κ3) is 2.84. The molecule has 74 valence electrons. The lowest BCUT2D eigenvalue weighted by Crippen LogP contribution is -2.33. The van der Waals surface area contributed by atoms with Crippen LogP contribution < -0.4 is 11.1 Å². The van der Waals surface area contributed by atoms with E-state index in [0.717, 1.165) is 31.6 Å². The Balaban J connectivity index is 2.69. The molecular formula is C10H19N3. The summed E-state index contributed by atoms with van der Waals surface area (Å²) in [4.78, 5) is 4.61. The Labute approximate surface area is 80.1 Å². The summed E-state index contributed by atoms with van der Waals surface area (Å²) < 4.78 is 0. The zero-order valence-corrected chi connectivity index (χ0v) is 8.51. The van der Waals surface area contributed by atoms with E-state index in [4.69, 9.17) is 5.73 Å². The molecule has 3 nitrogen and oxygen atoms in total. The van der Waals surface area contributed by atoms with Crippen molar-refractivity contribution in [3.05, 3.63) is 11.8 Å². The van der Waals surface area contributed by atoms with Crippen molar-refractivity contribution in [3.8, 4) is 0 Å². The summed E-state index contributed by atoms with van der Waals surface area (Å²) in [5.74, 6) is 0. The van der Waals surface area contributed by atoms with Crippen LogP contribution in [0.1, 0.15) is 26.7 Å². The van der Waals surface area contributed by atoms with Gasteiger partial charge in [0.15, 0.2) is 0 Å². The monoisotopic (exact) mass is 181 g/mol. The fraction of sp³-hybridized carbons (Fsp3) is 0.700. The van der Waals surface area contributed by atoms with Crippen molar-refractivity contribution in [2.24, 2.45) is 10.7 Å². The topological polar surface area (TPSA) is 50.4 Å². The fourth-order valence-corrected chi connectivity index (χ4v) is 1.35. The molecule has 0 aliphatic carbocycles. The minimum Gasteiger partial charge on any atom is -0.404 e. The molecule has 0 amide bonds. The van der Waals surface area contributed by atoms with Gasteiger partial charge in [-0.05, 0) is 38.1 Å². The minimum absolute atomic E-state index is 0.407. The van der Waals surface area contributed by atoms with E-state index in [0.29, 0.717) is 6.04 Å². The second-order valence-electron chi connectivity index (χ2n) is 3.45. The van der Waals surface area contributed by atoms with E-state index >= 15 is 0 Å². The first-order valence-corrected chi connectivity index (χ1v) is 4.96. The second kappa shape index (κ2) is 5.02. The Morgan fingerprint density at radius 1 is 1.69 bits per heavy atom. The third-order valence-corrected chi connectivity index (χ3v) is 2.40. The maximum absolute atomic E-state index is 5.54. The molecule has 0 spiro atoms. The molecule has 1 rings (SSSR count). The summed E-state index contributed by atoms with van der Waals surface area (Å²) in [6.07, 6.45) is 3.79. The number of nitrogens with one attached hydrogen (secondary N) is 1. The average Bonchev–Trinajstić information content (AvgIpc) is 2.18. The van der Waals surface area contributed by atoms with Crippen molar-refractivity contribution in [1.82, 2.24) is 5.32 Å². The summed E-state index contributed by atoms with van der Waals surface area (Å²) in [7, 11) is 0. The van der Waals surface area contributed by atoms with Gasteiger partial charge in [-0.2, -0.15) is 0 Å². The molecule has 0 aromatic rings. The summed E-state index contributed by atoms with van der Waals surface area (Å²) >= 11 is 0. The van der Waals surface area contributed by atoms with Crippen LogP contribution in [0.5, 0.6) is 0 Å². The Morgan fingerprint density at radius 2 is 2.46 bits per heavy atom. The SMILES string of the molecule is CCC(C)N=C1CNCC/C1=C/N. The highest BCUT2D eigenvalue weighted by Gasteiger charge is 2.12. The van der Waals surface area contributed by atoms with E-state index in [-0.39, 0.29) is 0 Å². The smallest absolute Gasteiger partial charge is 0.0536 e. The quantitative estimate of drug-likeness (QED) is 0.669. The molecule has 0 saturated carbocycles. The molecule has 1 unspecified atom stereocenters. The lowest BCUT2D eigenvalue weighted by molar-refractivity contribution is 0.688. The van der Waals surface area contributed by atoms with Gasteiger partial charge in [-0.3, -0.25) is 4.99 Å². The van der Waals surface area contributed by atoms with E-state index in [1.165, 1.54) is 5.57 Å². The van der Waals surface area contributed by atoms with Gasteiger partial charge in [0.25, 0.3) is 0 Å². The van der Waals surface area contributed by atoms with Crippen molar-refractivity contribution in [2.75, 3.05) is 13.1 Å². The van der Waals surface area contributed by atoms with Crippen molar-refractivity contribution < 1.29 is 0 Å². The lowest BCUT2D eigenvalue weighted by atomic mass is 10.0. The Hall–Kier alpha value is -0.830. The summed E-state index contributed by atoms with van der Waals surface area (Å²) in [5, 5.41) is 3.30. The fourth-order valence-electron chi connectivity index (χ4n) is 1.35. The number of piperidine rings is 1. The number of aliphatic imine (C=N–C) groups is 1. The molecule has 1 saturated heterocycles. The van der Waals surface area contributed by atoms with Crippen LogP contribution in [0.25, 0.3) is 0 Å². The molecule has 0 aromatic carbocycles. The highest BCUT2D eigenvalue weighted by molar-refractivity contribution is 6.02. The van der Waals surface area contributed by atoms with Crippen LogP contribution in [0.3, 0.4) is 0 Å². The zero-order valence-electron chi connectivity index (χ0n) is 8.51. The van der Waals surface area contributed by atoms with E-state index in [1.54, 1.807) is 6.20 Å². The van der Waals surface area contributed by atoms with Crippen molar-refractivity contribution in [3.63, 3.8) is 0 Å². The van der Waals surface area contributed by atoms with E-state index in [2.05, 4.69) is 24.2 Å². The van der Waals surface area contributed by atoms with Gasteiger partial charge >= 0.3 is 0 Å². The van der Waals surface area contributed by atoms with Crippen molar-refractivity contribution in [2.45, 2.75) is 32.7 Å². The number of rotatable bonds is 2. The molecule has 0 radical (unpaired) electrons. The molecule has 13 heavy (non-hydrogen) atoms. The highest BCUT2D eigenvalue weighted by atomic mass is 14.9. The van der Waals surface area contributed by atoms with Gasteiger partial charge in [0, 0.05) is 12.6 Å². The largest absolute Gasteiger partial charge is 0.404 e. The molecule has 3 N–H and O–H groups in total.